The standard InChI is InChI=1S/C20H26O4/c21-17(22)19(10-11-19)8-2-6-15-4-1-5-16(14-15)7-3-9-20(12-13-20)18(23)24/h1,4-5,14H,2-3,6-13H2,(H,21,22)(H,23,24). The van der Waals surface area contributed by atoms with Crippen molar-refractivity contribution in [3.8, 4) is 0 Å². The maximum Gasteiger partial charge on any atom is 0.309 e. The number of rotatable bonds is 10. The molecule has 4 nitrogen and oxygen atoms in total. The largest absolute Gasteiger partial charge is 0.481 e. The van der Waals surface area contributed by atoms with Crippen LogP contribution in [0.1, 0.15) is 62.5 Å². The first kappa shape index (κ1) is 17.0. The third kappa shape index (κ3) is 3.80. The number of aryl methyl sites for hydroxylation is 2. The second-order valence-corrected chi connectivity index (χ2v) is 7.70. The average molecular weight is 330 g/mol. The van der Waals surface area contributed by atoms with E-state index in [9.17, 15) is 19.8 Å². The summed E-state index contributed by atoms with van der Waals surface area (Å²) in [5.74, 6) is -1.27. The van der Waals surface area contributed by atoms with E-state index in [1.807, 2.05) is 0 Å². The molecule has 1 aromatic carbocycles. The molecule has 2 N–H and O–H groups in total. The minimum absolute atomic E-state index is 0.424. The Balaban J connectivity index is 1.44. The lowest BCUT2D eigenvalue weighted by Gasteiger charge is -2.11. The first-order valence-electron chi connectivity index (χ1n) is 9.01. The molecule has 4 heteroatoms. The first-order valence-corrected chi connectivity index (χ1v) is 9.01. The molecule has 24 heavy (non-hydrogen) atoms. The van der Waals surface area contributed by atoms with Crippen LogP contribution in [-0.2, 0) is 22.4 Å². The van der Waals surface area contributed by atoms with E-state index in [2.05, 4.69) is 24.3 Å². The summed E-state index contributed by atoms with van der Waals surface area (Å²) in [4.78, 5) is 22.4. The van der Waals surface area contributed by atoms with E-state index in [0.29, 0.717) is 0 Å². The molecule has 0 unspecified atom stereocenters. The minimum atomic E-state index is -0.635. The van der Waals surface area contributed by atoms with Crippen LogP contribution >= 0.6 is 0 Å². The molecule has 0 radical (unpaired) electrons. The van der Waals surface area contributed by atoms with Gasteiger partial charge in [0.05, 0.1) is 10.8 Å². The highest BCUT2D eigenvalue weighted by molar-refractivity contribution is 5.78. The van der Waals surface area contributed by atoms with Gasteiger partial charge < -0.3 is 10.2 Å². The summed E-state index contributed by atoms with van der Waals surface area (Å²) in [5, 5.41) is 18.4. The molecule has 2 aliphatic rings. The summed E-state index contributed by atoms with van der Waals surface area (Å²) < 4.78 is 0. The molecule has 0 atom stereocenters. The number of carbonyl (C=O) groups is 2. The summed E-state index contributed by atoms with van der Waals surface area (Å²) >= 11 is 0. The van der Waals surface area contributed by atoms with Gasteiger partial charge in [-0.1, -0.05) is 24.3 Å². The number of hydrogen-bond donors (Lipinski definition) is 2. The molecular weight excluding hydrogens is 304 g/mol. The van der Waals surface area contributed by atoms with Gasteiger partial charge >= 0.3 is 11.9 Å². The second-order valence-electron chi connectivity index (χ2n) is 7.70. The quantitative estimate of drug-likeness (QED) is 0.678. The summed E-state index contributed by atoms with van der Waals surface area (Å²) in [6, 6.07) is 8.45. The Morgan fingerprint density at radius 2 is 1.25 bits per heavy atom. The van der Waals surface area contributed by atoms with E-state index in [4.69, 9.17) is 0 Å². The fourth-order valence-corrected chi connectivity index (χ4v) is 3.65. The predicted molar refractivity (Wildman–Crippen MR) is 90.9 cm³/mol. The van der Waals surface area contributed by atoms with Gasteiger partial charge in [-0.2, -0.15) is 0 Å². The van der Waals surface area contributed by atoms with Crippen molar-refractivity contribution in [3.05, 3.63) is 35.4 Å². The zero-order valence-corrected chi connectivity index (χ0v) is 14.1. The van der Waals surface area contributed by atoms with Crippen LogP contribution in [0.2, 0.25) is 0 Å². The highest BCUT2D eigenvalue weighted by Gasteiger charge is 2.49. The summed E-state index contributed by atoms with van der Waals surface area (Å²) in [5.41, 5.74) is 1.67. The van der Waals surface area contributed by atoms with Crippen molar-refractivity contribution in [2.45, 2.75) is 64.2 Å². The van der Waals surface area contributed by atoms with Crippen LogP contribution in [0.4, 0.5) is 0 Å². The number of carboxylic acid groups (broad SMARTS) is 2. The number of carboxylic acids is 2. The van der Waals surface area contributed by atoms with Gasteiger partial charge in [-0.3, -0.25) is 9.59 Å². The molecule has 130 valence electrons. The van der Waals surface area contributed by atoms with E-state index in [0.717, 1.165) is 64.2 Å². The Morgan fingerprint density at radius 3 is 1.58 bits per heavy atom. The van der Waals surface area contributed by atoms with Crippen LogP contribution in [0.15, 0.2) is 24.3 Å². The highest BCUT2D eigenvalue weighted by atomic mass is 16.4. The second kappa shape index (κ2) is 6.58. The fourth-order valence-electron chi connectivity index (χ4n) is 3.65. The Kier molecular flexibility index (Phi) is 4.66. The Labute approximate surface area is 142 Å². The Morgan fingerprint density at radius 1 is 0.833 bits per heavy atom. The van der Waals surface area contributed by atoms with E-state index >= 15 is 0 Å². The molecular formula is C20H26O4. The van der Waals surface area contributed by atoms with Gasteiger partial charge in [0.25, 0.3) is 0 Å². The van der Waals surface area contributed by atoms with Gasteiger partial charge in [0, 0.05) is 0 Å². The summed E-state index contributed by atoms with van der Waals surface area (Å²) in [6.07, 6.45) is 8.52. The summed E-state index contributed by atoms with van der Waals surface area (Å²) in [7, 11) is 0. The molecule has 0 aromatic heterocycles. The molecule has 0 heterocycles. The van der Waals surface area contributed by atoms with Crippen LogP contribution < -0.4 is 0 Å². The van der Waals surface area contributed by atoms with E-state index in [1.54, 1.807) is 0 Å². The molecule has 0 spiro atoms. The van der Waals surface area contributed by atoms with Crippen LogP contribution in [0, 0.1) is 10.8 Å². The van der Waals surface area contributed by atoms with Gasteiger partial charge in [0.15, 0.2) is 0 Å². The molecule has 2 fully saturated rings. The van der Waals surface area contributed by atoms with E-state index < -0.39 is 22.8 Å². The van der Waals surface area contributed by atoms with Crippen molar-refractivity contribution in [1.82, 2.24) is 0 Å². The summed E-state index contributed by atoms with van der Waals surface area (Å²) in [6.45, 7) is 0. The maximum atomic E-state index is 11.2. The topological polar surface area (TPSA) is 74.6 Å². The third-order valence-corrected chi connectivity index (χ3v) is 5.85. The monoisotopic (exact) mass is 330 g/mol. The molecule has 0 bridgehead atoms. The molecule has 1 aromatic rings. The lowest BCUT2D eigenvalue weighted by Crippen LogP contribution is -2.14. The number of benzene rings is 1. The van der Waals surface area contributed by atoms with Crippen molar-refractivity contribution >= 4 is 11.9 Å². The number of hydrogen-bond acceptors (Lipinski definition) is 2. The van der Waals surface area contributed by atoms with Crippen molar-refractivity contribution in [2.75, 3.05) is 0 Å². The zero-order chi connectivity index (χ0) is 17.2. The molecule has 0 amide bonds. The highest BCUT2D eigenvalue weighted by Crippen LogP contribution is 2.50. The van der Waals surface area contributed by atoms with Gasteiger partial charge in [-0.15, -0.1) is 0 Å². The van der Waals surface area contributed by atoms with Gasteiger partial charge in [-0.05, 0) is 75.3 Å². The van der Waals surface area contributed by atoms with E-state index in [-0.39, 0.29) is 0 Å². The van der Waals surface area contributed by atoms with Crippen molar-refractivity contribution in [1.29, 1.82) is 0 Å². The fraction of sp³-hybridized carbons (Fsp3) is 0.600. The molecule has 0 saturated heterocycles. The van der Waals surface area contributed by atoms with Crippen molar-refractivity contribution < 1.29 is 19.8 Å². The molecule has 2 saturated carbocycles. The first-order chi connectivity index (χ1) is 11.5. The van der Waals surface area contributed by atoms with Crippen LogP contribution in [-0.4, -0.2) is 22.2 Å². The lowest BCUT2D eigenvalue weighted by atomic mass is 9.94. The number of aliphatic carboxylic acids is 2. The SMILES string of the molecule is O=C(O)C1(CCCc2cccc(CCCC3(C(=O)O)CC3)c2)CC1. The average Bonchev–Trinajstić information content (AvgIpc) is 3.43. The predicted octanol–water partition coefficient (Wildman–Crippen LogP) is 4.06. The zero-order valence-electron chi connectivity index (χ0n) is 14.1. The van der Waals surface area contributed by atoms with Crippen molar-refractivity contribution in [2.24, 2.45) is 10.8 Å². The maximum absolute atomic E-state index is 11.2. The smallest absolute Gasteiger partial charge is 0.309 e. The van der Waals surface area contributed by atoms with Gasteiger partial charge in [-0.25, -0.2) is 0 Å². The Hall–Kier alpha value is -1.84. The minimum Gasteiger partial charge on any atom is -0.481 e. The van der Waals surface area contributed by atoms with E-state index in [1.165, 1.54) is 11.1 Å². The molecule has 3 rings (SSSR count). The molecule has 0 aliphatic heterocycles. The van der Waals surface area contributed by atoms with Gasteiger partial charge in [0.2, 0.25) is 0 Å². The Bertz CT molecular complexity index is 575. The lowest BCUT2D eigenvalue weighted by molar-refractivity contribution is -0.144. The normalized spacial score (nSPS) is 19.7. The molecule has 2 aliphatic carbocycles. The van der Waals surface area contributed by atoms with Crippen LogP contribution in [0.25, 0.3) is 0 Å². The van der Waals surface area contributed by atoms with Crippen molar-refractivity contribution in [3.63, 3.8) is 0 Å². The van der Waals surface area contributed by atoms with Gasteiger partial charge in [0.1, 0.15) is 0 Å². The third-order valence-electron chi connectivity index (χ3n) is 5.85. The van der Waals surface area contributed by atoms with Crippen LogP contribution in [0.3, 0.4) is 0 Å². The van der Waals surface area contributed by atoms with Crippen LogP contribution in [0.5, 0.6) is 0 Å².